The zero-order chi connectivity index (χ0) is 21.1. The Bertz CT molecular complexity index is 1120. The van der Waals surface area contributed by atoms with Crippen molar-refractivity contribution in [3.63, 3.8) is 0 Å². The second-order valence-electron chi connectivity index (χ2n) is 7.19. The molecule has 0 saturated carbocycles. The van der Waals surface area contributed by atoms with Crippen LogP contribution in [0.5, 0.6) is 5.75 Å². The zero-order valence-corrected chi connectivity index (χ0v) is 17.7. The fraction of sp³-hybridized carbons (Fsp3) is 0.120. The summed E-state index contributed by atoms with van der Waals surface area (Å²) in [7, 11) is 0. The maximum Gasteiger partial charge on any atom is 0.271 e. The molecule has 1 heterocycles. The predicted octanol–water partition coefficient (Wildman–Crippen LogP) is 5.94. The summed E-state index contributed by atoms with van der Waals surface area (Å²) in [6.07, 6.45) is 1.83. The summed E-state index contributed by atoms with van der Waals surface area (Å²) in [6.45, 7) is 4.49. The van der Waals surface area contributed by atoms with Gasteiger partial charge in [-0.3, -0.25) is 15.1 Å². The van der Waals surface area contributed by atoms with Gasteiger partial charge in [0.1, 0.15) is 12.4 Å². The number of carbonyl (C=O) groups excluding carboxylic acids is 1. The molecule has 3 aromatic carbocycles. The van der Waals surface area contributed by atoms with E-state index in [1.807, 2.05) is 92.7 Å². The predicted molar refractivity (Wildman–Crippen MR) is 124 cm³/mol. The lowest BCUT2D eigenvalue weighted by Crippen LogP contribution is -2.28. The van der Waals surface area contributed by atoms with Gasteiger partial charge in [-0.1, -0.05) is 60.2 Å². The van der Waals surface area contributed by atoms with Gasteiger partial charge in [-0.15, -0.1) is 0 Å². The van der Waals surface area contributed by atoms with Crippen molar-refractivity contribution in [1.82, 2.24) is 0 Å². The van der Waals surface area contributed by atoms with Gasteiger partial charge in [-0.25, -0.2) is 0 Å². The number of ether oxygens (including phenoxy) is 1. The van der Waals surface area contributed by atoms with E-state index < -0.39 is 0 Å². The number of amides is 1. The van der Waals surface area contributed by atoms with Crippen molar-refractivity contribution in [3.8, 4) is 5.75 Å². The smallest absolute Gasteiger partial charge is 0.271 e. The molecule has 0 aliphatic carbocycles. The van der Waals surface area contributed by atoms with Crippen LogP contribution in [0.15, 0.2) is 77.7 Å². The first-order chi connectivity index (χ1) is 14.5. The fourth-order valence-corrected chi connectivity index (χ4v) is 4.17. The Kier molecular flexibility index (Phi) is 5.72. The Hall–Kier alpha value is -3.31. The Labute approximate surface area is 180 Å². The summed E-state index contributed by atoms with van der Waals surface area (Å²) in [5.41, 5.74) is 4.88. The van der Waals surface area contributed by atoms with Crippen molar-refractivity contribution < 1.29 is 9.53 Å². The van der Waals surface area contributed by atoms with E-state index in [-0.39, 0.29) is 11.1 Å². The lowest BCUT2D eigenvalue weighted by molar-refractivity contribution is -0.113. The molecule has 1 N–H and O–H groups in total. The topological polar surface area (TPSA) is 53.4 Å². The highest BCUT2D eigenvalue weighted by atomic mass is 32.2. The van der Waals surface area contributed by atoms with Gasteiger partial charge < -0.3 is 4.74 Å². The number of aryl methyl sites for hydroxylation is 2. The van der Waals surface area contributed by atoms with Crippen LogP contribution in [-0.4, -0.2) is 11.1 Å². The van der Waals surface area contributed by atoms with Gasteiger partial charge >= 0.3 is 0 Å². The molecule has 1 amide bonds. The number of nitrogens with one attached hydrogen (secondary N) is 1. The third kappa shape index (κ3) is 4.31. The van der Waals surface area contributed by atoms with Crippen LogP contribution in [0, 0.1) is 19.3 Å². The average molecular weight is 415 g/mol. The van der Waals surface area contributed by atoms with Crippen molar-refractivity contribution in [2.24, 2.45) is 0 Å². The quantitative estimate of drug-likeness (QED) is 0.526. The molecule has 0 unspecified atom stereocenters. The SMILES string of the molecule is Cc1ccc(N2C(=N)S/C(=C\c3ccc(OCc4ccccc4)cc3)C2=O)c(C)c1. The Morgan fingerprint density at radius 2 is 1.73 bits per heavy atom. The van der Waals surface area contributed by atoms with E-state index in [1.54, 1.807) is 0 Å². The highest BCUT2D eigenvalue weighted by Crippen LogP contribution is 2.36. The minimum Gasteiger partial charge on any atom is -0.489 e. The Morgan fingerprint density at radius 1 is 1.00 bits per heavy atom. The number of hydrogen-bond acceptors (Lipinski definition) is 4. The van der Waals surface area contributed by atoms with Crippen molar-refractivity contribution in [2.75, 3.05) is 4.90 Å². The van der Waals surface area contributed by atoms with E-state index in [0.29, 0.717) is 11.5 Å². The summed E-state index contributed by atoms with van der Waals surface area (Å²) in [6, 6.07) is 23.5. The Balaban J connectivity index is 1.48. The molecule has 1 saturated heterocycles. The van der Waals surface area contributed by atoms with Gasteiger partial charge in [0.15, 0.2) is 5.17 Å². The van der Waals surface area contributed by atoms with Crippen LogP contribution in [-0.2, 0) is 11.4 Å². The molecule has 0 spiro atoms. The van der Waals surface area contributed by atoms with E-state index in [1.165, 1.54) is 16.7 Å². The third-order valence-corrected chi connectivity index (χ3v) is 5.73. The average Bonchev–Trinajstić information content (AvgIpc) is 3.01. The largest absolute Gasteiger partial charge is 0.489 e. The van der Waals surface area contributed by atoms with Gasteiger partial charge in [0.05, 0.1) is 10.6 Å². The lowest BCUT2D eigenvalue weighted by atomic mass is 10.1. The number of thioether (sulfide) groups is 1. The summed E-state index contributed by atoms with van der Waals surface area (Å²) in [5, 5.41) is 8.52. The summed E-state index contributed by atoms with van der Waals surface area (Å²) in [5.74, 6) is 0.609. The van der Waals surface area contributed by atoms with E-state index in [2.05, 4.69) is 0 Å². The standard InChI is InChI=1S/C25H22N2O2S/c1-17-8-13-22(18(2)14-17)27-24(28)23(30-25(27)26)15-19-9-11-21(12-10-19)29-16-20-6-4-3-5-7-20/h3-15,26H,16H2,1-2H3/b23-15-,26-25?. The molecule has 3 aromatic rings. The Morgan fingerprint density at radius 3 is 2.43 bits per heavy atom. The first-order valence-electron chi connectivity index (χ1n) is 9.68. The summed E-state index contributed by atoms with van der Waals surface area (Å²) in [4.78, 5) is 15.0. The van der Waals surface area contributed by atoms with Crippen LogP contribution in [0.4, 0.5) is 5.69 Å². The molecule has 30 heavy (non-hydrogen) atoms. The van der Waals surface area contributed by atoms with Gasteiger partial charge in [0, 0.05) is 0 Å². The second-order valence-corrected chi connectivity index (χ2v) is 8.22. The number of benzene rings is 3. The molecule has 0 radical (unpaired) electrons. The molecule has 0 aromatic heterocycles. The minimum atomic E-state index is -0.165. The van der Waals surface area contributed by atoms with Gasteiger partial charge in [-0.05, 0) is 66.6 Å². The monoisotopic (exact) mass is 414 g/mol. The van der Waals surface area contributed by atoms with Crippen molar-refractivity contribution >= 4 is 34.6 Å². The summed E-state index contributed by atoms with van der Waals surface area (Å²) >= 11 is 1.19. The second kappa shape index (κ2) is 8.59. The van der Waals surface area contributed by atoms with Gasteiger partial charge in [-0.2, -0.15) is 0 Å². The normalized spacial score (nSPS) is 15.1. The molecule has 0 bridgehead atoms. The highest BCUT2D eigenvalue weighted by Gasteiger charge is 2.34. The van der Waals surface area contributed by atoms with Crippen molar-refractivity contribution in [1.29, 1.82) is 5.41 Å². The molecule has 4 nitrogen and oxygen atoms in total. The van der Waals surface area contributed by atoms with Crippen LogP contribution < -0.4 is 9.64 Å². The van der Waals surface area contributed by atoms with E-state index in [0.717, 1.165) is 33.7 Å². The molecule has 1 aliphatic rings. The number of carbonyl (C=O) groups is 1. The number of nitrogens with zero attached hydrogens (tertiary/aromatic N) is 1. The van der Waals surface area contributed by atoms with Crippen LogP contribution in [0.2, 0.25) is 0 Å². The highest BCUT2D eigenvalue weighted by molar-refractivity contribution is 8.19. The minimum absolute atomic E-state index is 0.165. The lowest BCUT2D eigenvalue weighted by Gasteiger charge is -2.17. The van der Waals surface area contributed by atoms with Crippen LogP contribution in [0.3, 0.4) is 0 Å². The first kappa shape index (κ1) is 20.0. The van der Waals surface area contributed by atoms with Crippen LogP contribution in [0.25, 0.3) is 6.08 Å². The molecule has 150 valence electrons. The maximum absolute atomic E-state index is 13.0. The number of anilines is 1. The number of amidine groups is 1. The van der Waals surface area contributed by atoms with Crippen molar-refractivity contribution in [2.45, 2.75) is 20.5 Å². The molecule has 1 aliphatic heterocycles. The van der Waals surface area contributed by atoms with Gasteiger partial charge in [0.2, 0.25) is 0 Å². The molecule has 1 fully saturated rings. The zero-order valence-electron chi connectivity index (χ0n) is 16.9. The van der Waals surface area contributed by atoms with E-state index in [9.17, 15) is 4.79 Å². The number of rotatable bonds is 5. The molecular formula is C25H22N2O2S. The third-order valence-electron chi connectivity index (χ3n) is 4.84. The van der Waals surface area contributed by atoms with Crippen LogP contribution >= 0.6 is 11.8 Å². The van der Waals surface area contributed by atoms with E-state index in [4.69, 9.17) is 10.1 Å². The molecular weight excluding hydrogens is 392 g/mol. The van der Waals surface area contributed by atoms with Crippen molar-refractivity contribution in [3.05, 3.63) is 100.0 Å². The molecule has 4 rings (SSSR count). The summed E-state index contributed by atoms with van der Waals surface area (Å²) < 4.78 is 5.82. The molecule has 5 heteroatoms. The first-order valence-corrected chi connectivity index (χ1v) is 10.5. The number of hydrogen-bond donors (Lipinski definition) is 1. The maximum atomic E-state index is 13.0. The fourth-order valence-electron chi connectivity index (χ4n) is 3.31. The van der Waals surface area contributed by atoms with Gasteiger partial charge in [0.25, 0.3) is 5.91 Å². The molecule has 0 atom stereocenters. The van der Waals surface area contributed by atoms with E-state index >= 15 is 0 Å². The van der Waals surface area contributed by atoms with Crippen LogP contribution in [0.1, 0.15) is 22.3 Å².